The average Bonchev–Trinajstić information content (AvgIpc) is 2.42. The first-order chi connectivity index (χ1) is 11.1. The number of nitrogens with one attached hydrogen (secondary N) is 1. The van der Waals surface area contributed by atoms with Gasteiger partial charge in [-0.1, -0.05) is 47.0 Å². The first-order valence-electron chi connectivity index (χ1n) is 8.51. The second-order valence-electron chi connectivity index (χ2n) is 6.55. The van der Waals surface area contributed by atoms with Crippen molar-refractivity contribution in [1.82, 2.24) is 5.32 Å². The molecule has 0 aromatic carbocycles. The lowest BCUT2D eigenvalue weighted by molar-refractivity contribution is -0.172. The number of ether oxygens (including phenoxy) is 2. The number of hydrogen-bond donors (Lipinski definition) is 2. The van der Waals surface area contributed by atoms with Crippen molar-refractivity contribution >= 4 is 18.0 Å². The van der Waals surface area contributed by atoms with Crippen LogP contribution in [0.2, 0.25) is 0 Å². The fourth-order valence-electron chi connectivity index (χ4n) is 2.33. The zero-order valence-electron chi connectivity index (χ0n) is 15.3. The molecule has 0 saturated carbocycles. The van der Waals surface area contributed by atoms with Crippen LogP contribution in [0.1, 0.15) is 66.7 Å². The molecule has 0 radical (unpaired) electrons. The monoisotopic (exact) mass is 345 g/mol. The van der Waals surface area contributed by atoms with Crippen LogP contribution in [0.15, 0.2) is 0 Å². The first kappa shape index (κ1) is 22.2. The van der Waals surface area contributed by atoms with Crippen LogP contribution in [0.4, 0.5) is 4.79 Å². The van der Waals surface area contributed by atoms with Gasteiger partial charge in [0.1, 0.15) is 0 Å². The molecule has 0 unspecified atom stereocenters. The summed E-state index contributed by atoms with van der Waals surface area (Å²) in [5.74, 6) is -1.44. The Morgan fingerprint density at radius 3 is 2.21 bits per heavy atom. The fourth-order valence-corrected chi connectivity index (χ4v) is 2.33. The molecule has 3 atom stereocenters. The molecular formula is C17H31NO6. The van der Waals surface area contributed by atoms with Gasteiger partial charge in [0.2, 0.25) is 0 Å². The fraction of sp³-hybridized carbons (Fsp3) is 0.824. The van der Waals surface area contributed by atoms with Gasteiger partial charge in [-0.25, -0.2) is 4.79 Å². The molecule has 7 heteroatoms. The minimum atomic E-state index is -0.995. The number of carbonyl (C=O) groups excluding carboxylic acids is 2. The summed E-state index contributed by atoms with van der Waals surface area (Å²) in [5, 5.41) is 11.6. The summed E-state index contributed by atoms with van der Waals surface area (Å²) in [6.07, 6.45) is 1.72. The normalized spacial score (nSPS) is 14.6. The van der Waals surface area contributed by atoms with Gasteiger partial charge in [-0.3, -0.25) is 9.59 Å². The molecule has 2 N–H and O–H groups in total. The predicted octanol–water partition coefficient (Wildman–Crippen LogP) is 3.32. The van der Waals surface area contributed by atoms with Crippen LogP contribution >= 0.6 is 0 Å². The summed E-state index contributed by atoms with van der Waals surface area (Å²) < 4.78 is 10.1. The zero-order chi connectivity index (χ0) is 18.7. The molecule has 0 aliphatic carbocycles. The predicted molar refractivity (Wildman–Crippen MR) is 89.4 cm³/mol. The molecule has 0 fully saturated rings. The molecule has 1 amide bonds. The van der Waals surface area contributed by atoms with Crippen molar-refractivity contribution in [2.45, 2.75) is 79.1 Å². The Balaban J connectivity index is 4.66. The molecule has 0 rings (SSSR count). The van der Waals surface area contributed by atoms with Crippen molar-refractivity contribution in [3.05, 3.63) is 0 Å². The third kappa shape index (κ3) is 10.9. The van der Waals surface area contributed by atoms with Crippen LogP contribution in [0.25, 0.3) is 0 Å². The summed E-state index contributed by atoms with van der Waals surface area (Å²) in [6, 6.07) is -0.521. The standard InChI is InChI=1S/C17H31NO6/c1-6-7-8-12(4)9-14(10-15(20)21)18-17(22)24-16(11(2)3)23-13(5)19/h11-12,14,16H,6-10H2,1-5H3,(H,18,22)(H,20,21)/t12-,14+,16+/m1/s1. The molecule has 0 spiro atoms. The van der Waals surface area contributed by atoms with Crippen molar-refractivity contribution in [3.8, 4) is 0 Å². The molecule has 0 aliphatic rings. The van der Waals surface area contributed by atoms with E-state index in [-0.39, 0.29) is 12.3 Å². The number of esters is 1. The Morgan fingerprint density at radius 1 is 1.12 bits per heavy atom. The highest BCUT2D eigenvalue weighted by molar-refractivity contribution is 5.71. The summed E-state index contributed by atoms with van der Waals surface area (Å²) in [6.45, 7) is 8.87. The molecule has 0 heterocycles. The van der Waals surface area contributed by atoms with Crippen LogP contribution in [0.3, 0.4) is 0 Å². The van der Waals surface area contributed by atoms with Crippen LogP contribution in [0, 0.1) is 11.8 Å². The lowest BCUT2D eigenvalue weighted by atomic mass is 9.95. The molecule has 0 bridgehead atoms. The van der Waals surface area contributed by atoms with Crippen LogP contribution < -0.4 is 5.32 Å². The Morgan fingerprint density at radius 2 is 1.75 bits per heavy atom. The van der Waals surface area contributed by atoms with E-state index in [1.54, 1.807) is 13.8 Å². The third-order valence-corrected chi connectivity index (χ3v) is 3.53. The molecule has 24 heavy (non-hydrogen) atoms. The number of alkyl carbamates (subject to hydrolysis) is 1. The molecule has 0 aromatic heterocycles. The van der Waals surface area contributed by atoms with Crippen LogP contribution in [0.5, 0.6) is 0 Å². The maximum absolute atomic E-state index is 12.0. The van der Waals surface area contributed by atoms with E-state index in [9.17, 15) is 14.4 Å². The van der Waals surface area contributed by atoms with E-state index in [0.29, 0.717) is 12.3 Å². The number of carboxylic acids is 1. The Hall–Kier alpha value is -1.79. The van der Waals surface area contributed by atoms with Gasteiger partial charge in [-0.2, -0.15) is 0 Å². The van der Waals surface area contributed by atoms with Gasteiger partial charge in [0.25, 0.3) is 6.29 Å². The van der Waals surface area contributed by atoms with Crippen LogP contribution in [-0.4, -0.2) is 35.5 Å². The van der Waals surface area contributed by atoms with E-state index in [1.165, 1.54) is 6.92 Å². The summed E-state index contributed by atoms with van der Waals surface area (Å²) in [7, 11) is 0. The lowest BCUT2D eigenvalue weighted by Gasteiger charge is -2.24. The van der Waals surface area contributed by atoms with Gasteiger partial charge in [-0.15, -0.1) is 0 Å². The van der Waals surface area contributed by atoms with Crippen molar-refractivity contribution in [2.75, 3.05) is 0 Å². The number of unbranched alkanes of at least 4 members (excludes halogenated alkanes) is 1. The van der Waals surface area contributed by atoms with Gasteiger partial charge < -0.3 is 19.9 Å². The van der Waals surface area contributed by atoms with Gasteiger partial charge in [0.05, 0.1) is 6.42 Å². The Kier molecular flexibility index (Phi) is 10.8. The highest BCUT2D eigenvalue weighted by Crippen LogP contribution is 2.16. The Bertz CT molecular complexity index is 410. The highest BCUT2D eigenvalue weighted by Gasteiger charge is 2.24. The highest BCUT2D eigenvalue weighted by atomic mass is 16.7. The number of carboxylic acid groups (broad SMARTS) is 1. The summed E-state index contributed by atoms with van der Waals surface area (Å²) in [5.41, 5.74) is 0. The topological polar surface area (TPSA) is 102 Å². The maximum atomic E-state index is 12.0. The molecular weight excluding hydrogens is 314 g/mol. The number of rotatable bonds is 11. The van der Waals surface area contributed by atoms with E-state index < -0.39 is 30.4 Å². The Labute approximate surface area is 144 Å². The van der Waals surface area contributed by atoms with Crippen molar-refractivity contribution in [1.29, 1.82) is 0 Å². The molecule has 0 saturated heterocycles. The quantitative estimate of drug-likeness (QED) is 0.440. The van der Waals surface area contributed by atoms with Gasteiger partial charge >= 0.3 is 18.0 Å². The summed E-state index contributed by atoms with van der Waals surface area (Å²) >= 11 is 0. The zero-order valence-corrected chi connectivity index (χ0v) is 15.3. The van der Waals surface area contributed by atoms with E-state index >= 15 is 0 Å². The minimum absolute atomic E-state index is 0.175. The van der Waals surface area contributed by atoms with E-state index in [4.69, 9.17) is 14.6 Å². The van der Waals surface area contributed by atoms with Gasteiger partial charge in [0.15, 0.2) is 0 Å². The first-order valence-corrected chi connectivity index (χ1v) is 8.51. The van der Waals surface area contributed by atoms with E-state index in [0.717, 1.165) is 19.3 Å². The summed E-state index contributed by atoms with van der Waals surface area (Å²) in [4.78, 5) is 34.1. The third-order valence-electron chi connectivity index (χ3n) is 3.53. The van der Waals surface area contributed by atoms with Crippen molar-refractivity contribution in [2.24, 2.45) is 11.8 Å². The number of hydrogen-bond acceptors (Lipinski definition) is 5. The molecule has 0 aliphatic heterocycles. The molecule has 140 valence electrons. The van der Waals surface area contributed by atoms with E-state index in [2.05, 4.69) is 12.2 Å². The number of amides is 1. The molecule has 7 nitrogen and oxygen atoms in total. The second-order valence-corrected chi connectivity index (χ2v) is 6.55. The van der Waals surface area contributed by atoms with Crippen molar-refractivity contribution in [3.63, 3.8) is 0 Å². The van der Waals surface area contributed by atoms with Crippen molar-refractivity contribution < 1.29 is 29.0 Å². The largest absolute Gasteiger partial charge is 0.481 e. The number of carbonyl (C=O) groups is 3. The average molecular weight is 345 g/mol. The smallest absolute Gasteiger partial charge is 0.410 e. The second kappa shape index (κ2) is 11.7. The van der Waals surface area contributed by atoms with Gasteiger partial charge in [-0.05, 0) is 12.3 Å². The number of aliphatic carboxylic acids is 1. The van der Waals surface area contributed by atoms with Gasteiger partial charge in [0, 0.05) is 18.9 Å². The minimum Gasteiger partial charge on any atom is -0.481 e. The maximum Gasteiger partial charge on any atom is 0.410 e. The van der Waals surface area contributed by atoms with E-state index in [1.807, 2.05) is 6.92 Å². The molecule has 0 aromatic rings. The lowest BCUT2D eigenvalue weighted by Crippen LogP contribution is -2.41. The SMILES string of the molecule is CCCC[C@@H](C)C[C@@H](CC(=O)O)NC(=O)O[C@H](OC(C)=O)C(C)C. The van der Waals surface area contributed by atoms with Crippen LogP contribution in [-0.2, 0) is 19.1 Å².